The molecule has 5 aromatic rings. The van der Waals surface area contributed by atoms with Crippen LogP contribution in [0.4, 0.5) is 0 Å². The molecule has 0 saturated carbocycles. The van der Waals surface area contributed by atoms with Gasteiger partial charge in [-0.2, -0.15) is 0 Å². The molecular weight excluding hydrogens is 254 g/mol. The third-order valence-electron chi connectivity index (χ3n) is 4.29. The van der Waals surface area contributed by atoms with E-state index in [0.29, 0.717) is 0 Å². The van der Waals surface area contributed by atoms with Crippen LogP contribution < -0.4 is 0 Å². The fourth-order valence-electron chi connectivity index (χ4n) is 3.35. The predicted molar refractivity (Wildman–Crippen MR) is 89.7 cm³/mol. The number of benzene rings is 4. The van der Waals surface area contributed by atoms with Gasteiger partial charge in [-0.3, -0.25) is 0 Å². The Morgan fingerprint density at radius 3 is 2.24 bits per heavy atom. The van der Waals surface area contributed by atoms with Gasteiger partial charge in [0, 0.05) is 22.4 Å². The molecule has 0 fully saturated rings. The second kappa shape index (κ2) is 3.86. The Labute approximate surface area is 121 Å². The summed E-state index contributed by atoms with van der Waals surface area (Å²) in [5.74, 6) is 0. The van der Waals surface area contributed by atoms with E-state index < -0.39 is 0 Å². The zero-order valence-electron chi connectivity index (χ0n) is 11.4. The van der Waals surface area contributed by atoms with Crippen LogP contribution in [0.2, 0.25) is 0 Å². The number of nitrogens with one attached hydrogen (secondary N) is 1. The molecule has 0 aliphatic carbocycles. The Hall–Kier alpha value is -2.80. The molecule has 0 spiro atoms. The van der Waals surface area contributed by atoms with E-state index in [-0.39, 0.29) is 0 Å². The minimum atomic E-state index is 1.08. The van der Waals surface area contributed by atoms with E-state index in [2.05, 4.69) is 77.8 Å². The maximum absolute atomic E-state index is 3.51. The quantitative estimate of drug-likeness (QED) is 0.385. The summed E-state index contributed by atoms with van der Waals surface area (Å²) in [7, 11) is 0. The van der Waals surface area contributed by atoms with Crippen LogP contribution in [0, 0.1) is 6.07 Å². The molecule has 1 heteroatoms. The van der Waals surface area contributed by atoms with Gasteiger partial charge in [0.25, 0.3) is 0 Å². The van der Waals surface area contributed by atoms with Gasteiger partial charge >= 0.3 is 0 Å². The number of aromatic amines is 1. The molecule has 0 atom stereocenters. The largest absolute Gasteiger partial charge is 0.354 e. The van der Waals surface area contributed by atoms with E-state index in [4.69, 9.17) is 0 Å². The Kier molecular flexibility index (Phi) is 2.01. The van der Waals surface area contributed by atoms with Crippen LogP contribution in [0.1, 0.15) is 0 Å². The number of hydrogen-bond acceptors (Lipinski definition) is 0. The van der Waals surface area contributed by atoms with Gasteiger partial charge in [0.2, 0.25) is 0 Å². The summed E-state index contributed by atoms with van der Waals surface area (Å²) >= 11 is 0. The van der Waals surface area contributed by atoms with Crippen LogP contribution in [0.15, 0.2) is 66.7 Å². The number of aromatic nitrogens is 1. The highest BCUT2D eigenvalue weighted by atomic mass is 14.7. The minimum absolute atomic E-state index is 1.08. The highest BCUT2D eigenvalue weighted by molar-refractivity contribution is 6.27. The van der Waals surface area contributed by atoms with Crippen molar-refractivity contribution in [3.05, 3.63) is 72.8 Å². The highest BCUT2D eigenvalue weighted by Crippen LogP contribution is 2.36. The Balaban J connectivity index is 2.18. The van der Waals surface area contributed by atoms with Crippen molar-refractivity contribution < 1.29 is 0 Å². The van der Waals surface area contributed by atoms with E-state index in [9.17, 15) is 0 Å². The first-order valence-electron chi connectivity index (χ1n) is 7.14. The van der Waals surface area contributed by atoms with Crippen molar-refractivity contribution in [1.82, 2.24) is 4.98 Å². The molecular formula is C20H12N. The van der Waals surface area contributed by atoms with E-state index in [1.165, 1.54) is 37.8 Å². The van der Waals surface area contributed by atoms with Crippen LogP contribution in [0.5, 0.6) is 0 Å². The fraction of sp³-hybridized carbons (Fsp3) is 0. The first kappa shape index (κ1) is 10.9. The molecule has 1 aromatic heterocycles. The van der Waals surface area contributed by atoms with Gasteiger partial charge in [-0.15, -0.1) is 0 Å². The first-order valence-corrected chi connectivity index (χ1v) is 7.14. The number of fused-ring (bicyclic) bond motifs is 7. The molecule has 0 aliphatic heterocycles. The Bertz CT molecular complexity index is 1040. The summed E-state index contributed by atoms with van der Waals surface area (Å²) in [6, 6.07) is 26.9. The van der Waals surface area contributed by atoms with Crippen LogP contribution in [0.25, 0.3) is 43.4 Å². The van der Waals surface area contributed by atoms with Gasteiger partial charge in [-0.05, 0) is 33.7 Å². The zero-order valence-corrected chi connectivity index (χ0v) is 11.4. The normalized spacial score (nSPS) is 11.8. The summed E-state index contributed by atoms with van der Waals surface area (Å²) in [6.45, 7) is 0. The molecule has 0 unspecified atom stereocenters. The van der Waals surface area contributed by atoms with Gasteiger partial charge in [-0.1, -0.05) is 54.6 Å². The van der Waals surface area contributed by atoms with Crippen molar-refractivity contribution in [3.63, 3.8) is 0 Å². The molecule has 5 rings (SSSR count). The van der Waals surface area contributed by atoms with Gasteiger partial charge < -0.3 is 4.98 Å². The first-order chi connectivity index (χ1) is 10.4. The SMILES string of the molecule is [c]1cc2ccccc2c2c1[nH]c1ccc3ccccc3c12. The molecule has 1 heterocycles. The third-order valence-corrected chi connectivity index (χ3v) is 4.29. The second-order valence-corrected chi connectivity index (χ2v) is 5.46. The lowest BCUT2D eigenvalue weighted by Crippen LogP contribution is -1.76. The van der Waals surface area contributed by atoms with E-state index >= 15 is 0 Å². The second-order valence-electron chi connectivity index (χ2n) is 5.46. The maximum Gasteiger partial charge on any atom is 0.0552 e. The number of rotatable bonds is 0. The number of hydrogen-bond donors (Lipinski definition) is 1. The van der Waals surface area contributed by atoms with E-state index in [1.54, 1.807) is 0 Å². The molecule has 1 radical (unpaired) electrons. The molecule has 0 aliphatic rings. The molecule has 97 valence electrons. The summed E-state index contributed by atoms with van der Waals surface area (Å²) in [5, 5.41) is 7.67. The monoisotopic (exact) mass is 266 g/mol. The van der Waals surface area contributed by atoms with E-state index in [0.717, 1.165) is 5.52 Å². The molecule has 1 nitrogen and oxygen atoms in total. The topological polar surface area (TPSA) is 15.8 Å². The average molecular weight is 266 g/mol. The van der Waals surface area contributed by atoms with Crippen molar-refractivity contribution in [2.75, 3.05) is 0 Å². The average Bonchev–Trinajstić information content (AvgIpc) is 2.94. The van der Waals surface area contributed by atoms with Gasteiger partial charge in [-0.25, -0.2) is 0 Å². The van der Waals surface area contributed by atoms with Gasteiger partial charge in [0.15, 0.2) is 0 Å². The summed E-state index contributed by atoms with van der Waals surface area (Å²) < 4.78 is 0. The molecule has 4 aromatic carbocycles. The predicted octanol–water partition coefficient (Wildman–Crippen LogP) is 5.43. The maximum atomic E-state index is 3.51. The highest BCUT2D eigenvalue weighted by Gasteiger charge is 2.10. The minimum Gasteiger partial charge on any atom is -0.354 e. The zero-order chi connectivity index (χ0) is 13.8. The molecule has 0 saturated heterocycles. The van der Waals surface area contributed by atoms with Crippen LogP contribution >= 0.6 is 0 Å². The summed E-state index contributed by atoms with van der Waals surface area (Å²) in [4.78, 5) is 3.51. The molecule has 1 N–H and O–H groups in total. The Morgan fingerprint density at radius 1 is 0.667 bits per heavy atom. The van der Waals surface area contributed by atoms with E-state index in [1.807, 2.05) is 0 Å². The lowest BCUT2D eigenvalue weighted by molar-refractivity contribution is 1.55. The summed E-state index contributed by atoms with van der Waals surface area (Å²) in [6.07, 6.45) is 0. The lowest BCUT2D eigenvalue weighted by Gasteiger charge is -2.02. The van der Waals surface area contributed by atoms with Crippen molar-refractivity contribution in [2.24, 2.45) is 0 Å². The number of H-pyrrole nitrogens is 1. The third kappa shape index (κ3) is 1.40. The van der Waals surface area contributed by atoms with Gasteiger partial charge in [0.1, 0.15) is 0 Å². The molecule has 0 amide bonds. The van der Waals surface area contributed by atoms with Gasteiger partial charge in [0.05, 0.1) is 5.52 Å². The van der Waals surface area contributed by atoms with Crippen LogP contribution in [-0.4, -0.2) is 4.98 Å². The smallest absolute Gasteiger partial charge is 0.0552 e. The van der Waals surface area contributed by atoms with Crippen LogP contribution in [0.3, 0.4) is 0 Å². The summed E-state index contributed by atoms with van der Waals surface area (Å²) in [5.41, 5.74) is 2.26. The van der Waals surface area contributed by atoms with Crippen LogP contribution in [-0.2, 0) is 0 Å². The standard InChI is InChI=1S/C20H12N/c1-3-7-15-13(5-1)9-11-17-19(15)20-16-8-4-2-6-14(16)10-12-18(20)21-17/h1-11,21H. The van der Waals surface area contributed by atoms with Crippen molar-refractivity contribution in [3.8, 4) is 0 Å². The molecule has 0 bridgehead atoms. The van der Waals surface area contributed by atoms with Crippen molar-refractivity contribution in [1.29, 1.82) is 0 Å². The molecule has 21 heavy (non-hydrogen) atoms. The Morgan fingerprint density at radius 2 is 1.38 bits per heavy atom. The van der Waals surface area contributed by atoms with Crippen molar-refractivity contribution in [2.45, 2.75) is 0 Å². The fourth-order valence-corrected chi connectivity index (χ4v) is 3.35. The van der Waals surface area contributed by atoms with Crippen molar-refractivity contribution >= 4 is 43.4 Å². The lowest BCUT2D eigenvalue weighted by atomic mass is 10.00.